The van der Waals surface area contributed by atoms with Crippen molar-refractivity contribution in [2.24, 2.45) is 0 Å². The quantitative estimate of drug-likeness (QED) is 0.636. The van der Waals surface area contributed by atoms with Gasteiger partial charge in [-0.25, -0.2) is 0 Å². The molecule has 3 aromatic rings. The summed E-state index contributed by atoms with van der Waals surface area (Å²) in [5, 5.41) is 0. The highest BCUT2D eigenvalue weighted by atomic mass is 16.5. The highest BCUT2D eigenvalue weighted by Gasteiger charge is 2.17. The van der Waals surface area contributed by atoms with Crippen LogP contribution in [0.1, 0.15) is 15.9 Å². The van der Waals surface area contributed by atoms with Crippen LogP contribution in [0.25, 0.3) is 0 Å². The van der Waals surface area contributed by atoms with E-state index >= 15 is 0 Å². The van der Waals surface area contributed by atoms with Crippen molar-refractivity contribution < 1.29 is 14.3 Å². The van der Waals surface area contributed by atoms with Gasteiger partial charge in [0, 0.05) is 19.7 Å². The summed E-state index contributed by atoms with van der Waals surface area (Å²) in [6, 6.07) is 24.4. The summed E-state index contributed by atoms with van der Waals surface area (Å²) in [4.78, 5) is 14.5. The van der Waals surface area contributed by atoms with Crippen molar-refractivity contribution in [1.82, 2.24) is 0 Å². The Balaban J connectivity index is 1.83. The minimum atomic E-state index is -0.0990. The van der Waals surface area contributed by atoms with Gasteiger partial charge < -0.3 is 14.4 Å². The lowest BCUT2D eigenvalue weighted by molar-refractivity contribution is 0.0992. The average molecular weight is 347 g/mol. The lowest BCUT2D eigenvalue weighted by Gasteiger charge is -2.21. The van der Waals surface area contributed by atoms with Gasteiger partial charge in [0.15, 0.2) is 5.75 Å². The smallest absolute Gasteiger partial charge is 0.258 e. The van der Waals surface area contributed by atoms with E-state index in [1.54, 1.807) is 19.1 Å². The molecular weight excluding hydrogens is 326 g/mol. The van der Waals surface area contributed by atoms with Crippen LogP contribution in [0.3, 0.4) is 0 Å². The molecule has 26 heavy (non-hydrogen) atoms. The molecule has 1 amide bonds. The number of para-hydroxylation sites is 3. The molecule has 3 rings (SSSR count). The van der Waals surface area contributed by atoms with Crippen LogP contribution >= 0.6 is 0 Å². The Morgan fingerprint density at radius 3 is 2.23 bits per heavy atom. The fourth-order valence-corrected chi connectivity index (χ4v) is 2.65. The zero-order valence-corrected chi connectivity index (χ0v) is 14.9. The molecule has 0 aliphatic heterocycles. The second-order valence-corrected chi connectivity index (χ2v) is 5.88. The maximum absolute atomic E-state index is 12.9. The standard InChI is InChI=1S/C22H21NO3/c1-23(22(24)18-14-12-17(13-15-18)16-25-2)20-10-6-7-11-21(20)26-19-8-4-3-5-9-19/h3-15H,16H2,1-2H3. The predicted octanol–water partition coefficient (Wildman–Crippen LogP) is 4.90. The summed E-state index contributed by atoms with van der Waals surface area (Å²) in [5.41, 5.74) is 2.35. The Morgan fingerprint density at radius 2 is 1.54 bits per heavy atom. The largest absolute Gasteiger partial charge is 0.455 e. The van der Waals surface area contributed by atoms with Crippen molar-refractivity contribution in [2.45, 2.75) is 6.61 Å². The van der Waals surface area contributed by atoms with E-state index in [1.807, 2.05) is 78.9 Å². The number of ether oxygens (including phenoxy) is 2. The summed E-state index contributed by atoms with van der Waals surface area (Å²) in [6.45, 7) is 0.526. The summed E-state index contributed by atoms with van der Waals surface area (Å²) in [6.07, 6.45) is 0. The zero-order valence-electron chi connectivity index (χ0n) is 14.9. The number of hydrogen-bond donors (Lipinski definition) is 0. The van der Waals surface area contributed by atoms with Crippen molar-refractivity contribution in [2.75, 3.05) is 19.1 Å². The van der Waals surface area contributed by atoms with Gasteiger partial charge in [-0.05, 0) is 42.0 Å². The molecule has 0 aliphatic carbocycles. The van der Waals surface area contributed by atoms with E-state index in [1.165, 1.54) is 0 Å². The van der Waals surface area contributed by atoms with Gasteiger partial charge in [-0.15, -0.1) is 0 Å². The van der Waals surface area contributed by atoms with Gasteiger partial charge in [-0.2, -0.15) is 0 Å². The van der Waals surface area contributed by atoms with Crippen LogP contribution in [0, 0.1) is 0 Å². The molecule has 3 aromatic carbocycles. The molecule has 4 heteroatoms. The number of methoxy groups -OCH3 is 1. The second kappa shape index (κ2) is 8.32. The van der Waals surface area contributed by atoms with Crippen molar-refractivity contribution in [3.63, 3.8) is 0 Å². The van der Waals surface area contributed by atoms with Crippen molar-refractivity contribution in [3.8, 4) is 11.5 Å². The van der Waals surface area contributed by atoms with Crippen LogP contribution in [0.4, 0.5) is 5.69 Å². The average Bonchev–Trinajstić information content (AvgIpc) is 2.69. The first-order chi connectivity index (χ1) is 12.7. The lowest BCUT2D eigenvalue weighted by atomic mass is 10.1. The highest BCUT2D eigenvalue weighted by Crippen LogP contribution is 2.32. The van der Waals surface area contributed by atoms with Crippen LogP contribution < -0.4 is 9.64 Å². The first kappa shape index (κ1) is 17.7. The number of carbonyl (C=O) groups excluding carboxylic acids is 1. The molecule has 0 heterocycles. The predicted molar refractivity (Wildman–Crippen MR) is 103 cm³/mol. The molecule has 0 unspecified atom stereocenters. The number of nitrogens with zero attached hydrogens (tertiary/aromatic N) is 1. The topological polar surface area (TPSA) is 38.8 Å². The van der Waals surface area contributed by atoms with E-state index in [0.717, 1.165) is 11.3 Å². The monoisotopic (exact) mass is 347 g/mol. The zero-order chi connectivity index (χ0) is 18.4. The van der Waals surface area contributed by atoms with E-state index < -0.39 is 0 Å². The molecule has 0 N–H and O–H groups in total. The fourth-order valence-electron chi connectivity index (χ4n) is 2.65. The molecule has 0 saturated carbocycles. The third-order valence-electron chi connectivity index (χ3n) is 4.01. The Hall–Kier alpha value is -3.11. The molecule has 0 atom stereocenters. The maximum atomic E-state index is 12.9. The summed E-state index contributed by atoms with van der Waals surface area (Å²) < 4.78 is 11.1. The number of anilines is 1. The van der Waals surface area contributed by atoms with E-state index in [4.69, 9.17) is 9.47 Å². The Bertz CT molecular complexity index is 860. The van der Waals surface area contributed by atoms with Gasteiger partial charge in [-0.3, -0.25) is 4.79 Å². The highest BCUT2D eigenvalue weighted by molar-refractivity contribution is 6.06. The van der Waals surface area contributed by atoms with Gasteiger partial charge in [0.2, 0.25) is 0 Å². The SMILES string of the molecule is COCc1ccc(C(=O)N(C)c2ccccc2Oc2ccccc2)cc1. The van der Waals surface area contributed by atoms with Crippen LogP contribution in [-0.4, -0.2) is 20.1 Å². The maximum Gasteiger partial charge on any atom is 0.258 e. The van der Waals surface area contributed by atoms with Gasteiger partial charge in [0.1, 0.15) is 5.75 Å². The summed E-state index contributed by atoms with van der Waals surface area (Å²) >= 11 is 0. The molecule has 0 saturated heterocycles. The van der Waals surface area contributed by atoms with Crippen molar-refractivity contribution in [3.05, 3.63) is 90.0 Å². The van der Waals surface area contributed by atoms with Crippen LogP contribution in [0.2, 0.25) is 0 Å². The molecule has 0 aliphatic rings. The Kier molecular flexibility index (Phi) is 5.66. The number of benzene rings is 3. The molecular formula is C22H21NO3. The normalized spacial score (nSPS) is 10.4. The number of hydrogen-bond acceptors (Lipinski definition) is 3. The van der Waals surface area contributed by atoms with E-state index in [9.17, 15) is 4.79 Å². The van der Waals surface area contributed by atoms with Gasteiger partial charge in [-0.1, -0.05) is 42.5 Å². The van der Waals surface area contributed by atoms with Crippen molar-refractivity contribution in [1.29, 1.82) is 0 Å². The lowest BCUT2D eigenvalue weighted by Crippen LogP contribution is -2.26. The first-order valence-corrected chi connectivity index (χ1v) is 8.37. The molecule has 132 valence electrons. The molecule has 0 radical (unpaired) electrons. The van der Waals surface area contributed by atoms with Crippen LogP contribution in [0.5, 0.6) is 11.5 Å². The fraction of sp³-hybridized carbons (Fsp3) is 0.136. The summed E-state index contributed by atoms with van der Waals surface area (Å²) in [7, 11) is 3.40. The van der Waals surface area contributed by atoms with Gasteiger partial charge in [0.05, 0.1) is 12.3 Å². The number of carbonyl (C=O) groups is 1. The summed E-state index contributed by atoms with van der Waals surface area (Å²) in [5.74, 6) is 1.26. The van der Waals surface area contributed by atoms with Crippen LogP contribution in [-0.2, 0) is 11.3 Å². The molecule has 0 aromatic heterocycles. The van der Waals surface area contributed by atoms with E-state index in [2.05, 4.69) is 0 Å². The Morgan fingerprint density at radius 1 is 0.885 bits per heavy atom. The van der Waals surface area contributed by atoms with Crippen molar-refractivity contribution >= 4 is 11.6 Å². The van der Waals surface area contributed by atoms with E-state index in [0.29, 0.717) is 23.6 Å². The number of rotatable bonds is 6. The minimum absolute atomic E-state index is 0.0990. The molecule has 0 fully saturated rings. The molecule has 4 nitrogen and oxygen atoms in total. The molecule has 0 bridgehead atoms. The second-order valence-electron chi connectivity index (χ2n) is 5.88. The van der Waals surface area contributed by atoms with Gasteiger partial charge >= 0.3 is 0 Å². The number of amides is 1. The van der Waals surface area contributed by atoms with Gasteiger partial charge in [0.25, 0.3) is 5.91 Å². The third-order valence-corrected chi connectivity index (χ3v) is 4.01. The minimum Gasteiger partial charge on any atom is -0.455 e. The first-order valence-electron chi connectivity index (χ1n) is 8.37. The third kappa shape index (κ3) is 4.10. The molecule has 0 spiro atoms. The van der Waals surface area contributed by atoms with Crippen LogP contribution in [0.15, 0.2) is 78.9 Å². The Labute approximate surface area is 153 Å². The van der Waals surface area contributed by atoms with E-state index in [-0.39, 0.29) is 5.91 Å².